The summed E-state index contributed by atoms with van der Waals surface area (Å²) >= 11 is 6.25. The minimum Gasteiger partial charge on any atom is -0.478 e. The van der Waals surface area contributed by atoms with E-state index in [1.807, 2.05) is 0 Å². The predicted molar refractivity (Wildman–Crippen MR) is 172 cm³/mol. The maximum atomic E-state index is 15.0. The molecule has 3 aromatic rings. The van der Waals surface area contributed by atoms with Gasteiger partial charge in [0, 0.05) is 50.0 Å². The van der Waals surface area contributed by atoms with Crippen LogP contribution in [0.2, 0.25) is 5.02 Å². The van der Waals surface area contributed by atoms with E-state index in [-0.39, 0.29) is 39.2 Å². The Bertz CT molecular complexity index is 1750. The fourth-order valence-corrected chi connectivity index (χ4v) is 8.15. The molecule has 3 aliphatic heterocycles. The Kier molecular flexibility index (Phi) is 9.40. The van der Waals surface area contributed by atoms with Crippen LogP contribution >= 0.6 is 11.6 Å². The van der Waals surface area contributed by atoms with Crippen LogP contribution in [0.25, 0.3) is 0 Å². The zero-order chi connectivity index (χ0) is 33.3. The lowest BCUT2D eigenvalue weighted by Crippen LogP contribution is -2.57. The van der Waals surface area contributed by atoms with Crippen molar-refractivity contribution in [2.45, 2.75) is 36.2 Å². The third kappa shape index (κ3) is 6.16. The number of sulfonamides is 1. The predicted octanol–water partition coefficient (Wildman–Crippen LogP) is 3.60. The number of nitrogens with zero attached hydrogens (tertiary/aromatic N) is 5. The van der Waals surface area contributed by atoms with Gasteiger partial charge in [-0.1, -0.05) is 29.8 Å². The van der Waals surface area contributed by atoms with Crippen LogP contribution in [-0.4, -0.2) is 99.2 Å². The monoisotopic (exact) mass is 686 g/mol. The number of likely N-dealkylation sites (tertiary alicyclic amines) is 1. The molecule has 47 heavy (non-hydrogen) atoms. The zero-order valence-corrected chi connectivity index (χ0v) is 27.6. The molecule has 3 aliphatic rings. The molecular formula is C32H36ClFN6O6S. The molecule has 0 saturated carbocycles. The standard InChI is InChI=1S/C32H36ClFN6O6S/c1-3-45-29-24(10-7-13-35-29)32(36-31(42)46-39-18-16-38(17-19-39)22-11-14-37(2)15-12-22)25-20-26(33)27(34)21-28(25)40(30(32)41)47(43,44)23-8-5-4-6-9-23/h4-10,13,20-22H,3,11-12,14-19H2,1-2H3,(H,36,42). The highest BCUT2D eigenvalue weighted by atomic mass is 35.5. The van der Waals surface area contributed by atoms with Crippen LogP contribution in [0.1, 0.15) is 30.9 Å². The molecule has 15 heteroatoms. The maximum absolute atomic E-state index is 15.0. The smallest absolute Gasteiger partial charge is 0.427 e. The molecule has 6 rings (SSSR count). The number of anilines is 1. The number of amides is 2. The van der Waals surface area contributed by atoms with Crippen molar-refractivity contribution in [3.63, 3.8) is 0 Å². The molecule has 2 amide bonds. The first-order valence-electron chi connectivity index (χ1n) is 15.5. The minimum atomic E-state index is -4.62. The van der Waals surface area contributed by atoms with Gasteiger partial charge in [0.25, 0.3) is 15.9 Å². The Morgan fingerprint density at radius 3 is 2.43 bits per heavy atom. The molecule has 0 spiro atoms. The molecule has 2 aromatic carbocycles. The molecule has 1 atom stereocenters. The van der Waals surface area contributed by atoms with Gasteiger partial charge in [0.05, 0.1) is 27.8 Å². The molecule has 1 aromatic heterocycles. The van der Waals surface area contributed by atoms with Crippen LogP contribution in [0.15, 0.2) is 65.7 Å². The van der Waals surface area contributed by atoms with Gasteiger partial charge >= 0.3 is 6.09 Å². The largest absolute Gasteiger partial charge is 0.478 e. The number of rotatable bonds is 8. The first-order valence-corrected chi connectivity index (χ1v) is 17.3. The Hall–Kier alpha value is -3.82. The van der Waals surface area contributed by atoms with Crippen molar-refractivity contribution in [1.82, 2.24) is 25.2 Å². The SMILES string of the molecule is CCOc1ncccc1C1(NC(=O)ON2CCN(C3CCN(C)CC3)CC2)C(=O)N(S(=O)(=O)c2ccccc2)c2cc(F)c(Cl)cc21. The molecule has 0 bridgehead atoms. The van der Waals surface area contributed by atoms with Crippen LogP contribution in [0.5, 0.6) is 5.88 Å². The Balaban J connectivity index is 1.37. The average Bonchev–Trinajstić information content (AvgIpc) is 3.30. The normalized spacial score (nSPS) is 21.4. The van der Waals surface area contributed by atoms with Crippen molar-refractivity contribution in [3.05, 3.63) is 82.8 Å². The van der Waals surface area contributed by atoms with E-state index in [9.17, 15) is 18.0 Å². The van der Waals surface area contributed by atoms with E-state index in [4.69, 9.17) is 21.2 Å². The first kappa shape index (κ1) is 33.1. The summed E-state index contributed by atoms with van der Waals surface area (Å²) in [5.41, 5.74) is -2.67. The highest BCUT2D eigenvalue weighted by molar-refractivity contribution is 7.93. The summed E-state index contributed by atoms with van der Waals surface area (Å²) < 4.78 is 49.4. The van der Waals surface area contributed by atoms with E-state index in [0.29, 0.717) is 36.5 Å². The first-order chi connectivity index (χ1) is 22.6. The summed E-state index contributed by atoms with van der Waals surface area (Å²) in [5, 5.41) is 3.79. The molecule has 1 unspecified atom stereocenters. The summed E-state index contributed by atoms with van der Waals surface area (Å²) in [5.74, 6) is -2.11. The lowest BCUT2D eigenvalue weighted by molar-refractivity contribution is -0.133. The van der Waals surface area contributed by atoms with Crippen molar-refractivity contribution < 1.29 is 32.0 Å². The Morgan fingerprint density at radius 1 is 1.04 bits per heavy atom. The average molecular weight is 687 g/mol. The molecule has 12 nitrogen and oxygen atoms in total. The number of ether oxygens (including phenoxy) is 1. The third-order valence-electron chi connectivity index (χ3n) is 8.88. The highest BCUT2D eigenvalue weighted by Gasteiger charge is 2.59. The molecular weight excluding hydrogens is 651 g/mol. The number of piperazine rings is 1. The second kappa shape index (κ2) is 13.4. The molecule has 2 saturated heterocycles. The van der Waals surface area contributed by atoms with Crippen LogP contribution in [0.4, 0.5) is 14.9 Å². The second-order valence-corrected chi connectivity index (χ2v) is 13.9. The van der Waals surface area contributed by atoms with Crippen molar-refractivity contribution in [1.29, 1.82) is 0 Å². The number of nitrogens with one attached hydrogen (secondary N) is 1. The number of hydrogen-bond donors (Lipinski definition) is 1. The minimum absolute atomic E-state index is 0.0190. The van der Waals surface area contributed by atoms with Crippen molar-refractivity contribution in [2.75, 3.05) is 57.2 Å². The van der Waals surface area contributed by atoms with Gasteiger partial charge in [-0.3, -0.25) is 15.0 Å². The van der Waals surface area contributed by atoms with Crippen LogP contribution in [-0.2, 0) is 25.2 Å². The zero-order valence-electron chi connectivity index (χ0n) is 26.1. The number of pyridine rings is 1. The van der Waals surface area contributed by atoms with E-state index < -0.39 is 33.4 Å². The number of hydroxylamine groups is 2. The number of fused-ring (bicyclic) bond motifs is 1. The van der Waals surface area contributed by atoms with Gasteiger partial charge in [-0.15, -0.1) is 5.06 Å². The fraction of sp³-hybridized carbons (Fsp3) is 0.406. The summed E-state index contributed by atoms with van der Waals surface area (Å²) in [6.07, 6.45) is 2.55. The van der Waals surface area contributed by atoms with Crippen molar-refractivity contribution >= 4 is 39.3 Å². The van der Waals surface area contributed by atoms with Crippen molar-refractivity contribution in [2.24, 2.45) is 0 Å². The number of benzene rings is 2. The van der Waals surface area contributed by atoms with E-state index in [2.05, 4.69) is 27.1 Å². The number of piperidine rings is 1. The number of hydrogen-bond acceptors (Lipinski definition) is 10. The summed E-state index contributed by atoms with van der Waals surface area (Å²) in [6, 6.07) is 12.7. The van der Waals surface area contributed by atoms with Gasteiger partial charge in [-0.2, -0.15) is 4.31 Å². The van der Waals surface area contributed by atoms with E-state index >= 15 is 4.39 Å². The van der Waals surface area contributed by atoms with Crippen LogP contribution in [0.3, 0.4) is 0 Å². The summed E-state index contributed by atoms with van der Waals surface area (Å²) in [7, 11) is -2.50. The number of aromatic nitrogens is 1. The van der Waals surface area contributed by atoms with E-state index in [1.165, 1.54) is 47.7 Å². The van der Waals surface area contributed by atoms with Crippen LogP contribution < -0.4 is 14.4 Å². The molecule has 1 N–H and O–H groups in total. The van der Waals surface area contributed by atoms with Gasteiger partial charge in [-0.25, -0.2) is 22.6 Å². The van der Waals surface area contributed by atoms with E-state index in [0.717, 1.165) is 38.1 Å². The van der Waals surface area contributed by atoms with Gasteiger partial charge < -0.3 is 14.5 Å². The van der Waals surface area contributed by atoms with Gasteiger partial charge in [0.1, 0.15) is 5.82 Å². The quantitative estimate of drug-likeness (QED) is 0.376. The second-order valence-electron chi connectivity index (χ2n) is 11.7. The summed E-state index contributed by atoms with van der Waals surface area (Å²) in [4.78, 5) is 43.0. The van der Waals surface area contributed by atoms with Crippen molar-refractivity contribution in [3.8, 4) is 5.88 Å². The van der Waals surface area contributed by atoms with Gasteiger partial charge in [-0.05, 0) is 70.2 Å². The number of carbonyl (C=O) groups excluding carboxylic acids is 2. The van der Waals surface area contributed by atoms with Gasteiger partial charge in [0.15, 0.2) is 5.54 Å². The fourth-order valence-electron chi connectivity index (χ4n) is 6.51. The summed E-state index contributed by atoms with van der Waals surface area (Å²) in [6.45, 7) is 6.14. The maximum Gasteiger partial charge on any atom is 0.427 e. The number of halogens is 2. The van der Waals surface area contributed by atoms with E-state index in [1.54, 1.807) is 13.0 Å². The topological polar surface area (TPSA) is 125 Å². The Morgan fingerprint density at radius 2 is 1.74 bits per heavy atom. The van der Waals surface area contributed by atoms with Gasteiger partial charge in [0.2, 0.25) is 5.88 Å². The lowest BCUT2D eigenvalue weighted by Gasteiger charge is -2.41. The molecule has 4 heterocycles. The highest BCUT2D eigenvalue weighted by Crippen LogP contribution is 2.50. The van der Waals surface area contributed by atoms with Crippen LogP contribution in [0, 0.1) is 5.82 Å². The lowest BCUT2D eigenvalue weighted by atomic mass is 9.84. The molecule has 0 aliphatic carbocycles. The molecule has 2 fully saturated rings. The third-order valence-corrected chi connectivity index (χ3v) is 10.9. The Labute approximate surface area is 278 Å². The number of carbonyl (C=O) groups is 2. The molecule has 0 radical (unpaired) electrons. The molecule has 250 valence electrons.